The van der Waals surface area contributed by atoms with E-state index in [0.29, 0.717) is 16.5 Å². The first-order valence-corrected chi connectivity index (χ1v) is 5.36. The van der Waals surface area contributed by atoms with Crippen molar-refractivity contribution < 1.29 is 22.4 Å². The predicted octanol–water partition coefficient (Wildman–Crippen LogP) is 2.88. The lowest BCUT2D eigenvalue weighted by molar-refractivity contribution is 0.0512. The van der Waals surface area contributed by atoms with Gasteiger partial charge in [0.2, 0.25) is 0 Å². The highest BCUT2D eigenvalue weighted by Crippen LogP contribution is 2.21. The van der Waals surface area contributed by atoms with Gasteiger partial charge in [0.05, 0.1) is 0 Å². The number of ether oxygens (including phenoxy) is 2. The first-order valence-electron chi connectivity index (χ1n) is 5.36. The summed E-state index contributed by atoms with van der Waals surface area (Å²) in [5.41, 5.74) is -0.590. The van der Waals surface area contributed by atoms with Crippen molar-refractivity contribution in [2.45, 2.75) is 0 Å². The Kier molecular flexibility index (Phi) is 3.47. The fourth-order valence-electron chi connectivity index (χ4n) is 1.66. The third-order valence-corrected chi connectivity index (χ3v) is 2.56. The molecule has 2 nitrogen and oxygen atoms in total. The van der Waals surface area contributed by atoms with Crippen LogP contribution in [0, 0.1) is 0 Å². The number of fused-ring (bicyclic) bond motifs is 1. The molecule has 2 rings (SSSR count). The second kappa shape index (κ2) is 4.90. The number of methoxy groups -OCH3 is 1. The molecule has 0 radical (unpaired) electrons. The van der Waals surface area contributed by atoms with E-state index in [1.54, 1.807) is 18.2 Å². The Bertz CT molecular complexity index is 555. The molecule has 0 unspecified atom stereocenters. The van der Waals surface area contributed by atoms with Crippen molar-refractivity contribution in [2.24, 2.45) is 0 Å². The normalized spacial score (nSPS) is 11.8. The molecule has 0 spiro atoms. The Labute approximate surface area is 102 Å². The molecule has 96 valence electrons. The van der Waals surface area contributed by atoms with E-state index in [0.717, 1.165) is 12.1 Å². The van der Waals surface area contributed by atoms with Crippen LogP contribution in [0.4, 0.5) is 12.9 Å². The Balaban J connectivity index is 2.36. The highest BCUT2D eigenvalue weighted by Gasteiger charge is 2.25. The average Bonchev–Trinajstić information content (AvgIpc) is 2.34. The van der Waals surface area contributed by atoms with Crippen LogP contribution < -0.4 is 10.2 Å². The molecule has 0 aliphatic heterocycles. The van der Waals surface area contributed by atoms with Gasteiger partial charge in [0, 0.05) is 7.11 Å². The fourth-order valence-corrected chi connectivity index (χ4v) is 1.66. The van der Waals surface area contributed by atoms with Crippen molar-refractivity contribution in [1.82, 2.24) is 0 Å². The van der Waals surface area contributed by atoms with Crippen LogP contribution in [0.25, 0.3) is 10.8 Å². The van der Waals surface area contributed by atoms with Gasteiger partial charge < -0.3 is 22.4 Å². The molecule has 0 aliphatic rings. The highest BCUT2D eigenvalue weighted by atomic mass is 19.4. The Morgan fingerprint density at radius 1 is 1.00 bits per heavy atom. The summed E-state index contributed by atoms with van der Waals surface area (Å²) < 4.78 is 47.7. The standard InChI is InChI=1S/C12H11BF3O2/c1-17-8-18-12-5-3-9-6-11(13(14,15)16)4-2-10(9)7-12/h2-7H,8H2,1H3/q-1. The zero-order valence-corrected chi connectivity index (χ0v) is 9.70. The number of halogens is 3. The number of rotatable bonds is 4. The minimum absolute atomic E-state index is 0.106. The molecule has 0 atom stereocenters. The van der Waals surface area contributed by atoms with Gasteiger partial charge in [-0.15, -0.1) is 5.46 Å². The maximum Gasteiger partial charge on any atom is 0.509 e. The molecule has 2 aromatic rings. The van der Waals surface area contributed by atoms with Gasteiger partial charge in [-0.05, 0) is 22.9 Å². The third-order valence-electron chi connectivity index (χ3n) is 2.56. The lowest BCUT2D eigenvalue weighted by Crippen LogP contribution is -2.33. The molecule has 0 N–H and O–H groups in total. The first-order chi connectivity index (χ1) is 8.50. The van der Waals surface area contributed by atoms with Crippen LogP contribution in [0.15, 0.2) is 36.4 Å². The zero-order chi connectivity index (χ0) is 13.2. The Hall–Kier alpha value is -1.69. The quantitative estimate of drug-likeness (QED) is 0.617. The lowest BCUT2D eigenvalue weighted by atomic mass is 9.79. The van der Waals surface area contributed by atoms with E-state index in [-0.39, 0.29) is 6.79 Å². The largest absolute Gasteiger partial charge is 0.509 e. The highest BCUT2D eigenvalue weighted by molar-refractivity contribution is 6.73. The van der Waals surface area contributed by atoms with Crippen LogP contribution in [0.1, 0.15) is 0 Å². The summed E-state index contributed by atoms with van der Waals surface area (Å²) in [5, 5.41) is 1.24. The molecule has 2 aromatic carbocycles. The van der Waals surface area contributed by atoms with E-state index >= 15 is 0 Å². The number of benzene rings is 2. The average molecular weight is 255 g/mol. The van der Waals surface area contributed by atoms with Gasteiger partial charge in [-0.3, -0.25) is 0 Å². The van der Waals surface area contributed by atoms with E-state index in [1.165, 1.54) is 13.2 Å². The fraction of sp³-hybridized carbons (Fsp3) is 0.167. The van der Waals surface area contributed by atoms with E-state index in [1.807, 2.05) is 0 Å². The van der Waals surface area contributed by atoms with Crippen LogP contribution in [0.3, 0.4) is 0 Å². The second-order valence-corrected chi connectivity index (χ2v) is 3.89. The zero-order valence-electron chi connectivity index (χ0n) is 9.70. The van der Waals surface area contributed by atoms with Crippen molar-refractivity contribution in [2.75, 3.05) is 13.9 Å². The molecular formula is C12H11BF3O2-. The monoisotopic (exact) mass is 255 g/mol. The van der Waals surface area contributed by atoms with Crippen LogP contribution in [0.2, 0.25) is 0 Å². The topological polar surface area (TPSA) is 18.5 Å². The van der Waals surface area contributed by atoms with Crippen molar-refractivity contribution in [3.8, 4) is 5.75 Å². The molecule has 0 aromatic heterocycles. The minimum atomic E-state index is -4.96. The van der Waals surface area contributed by atoms with Gasteiger partial charge in [0.1, 0.15) is 5.75 Å². The Morgan fingerprint density at radius 2 is 1.67 bits per heavy atom. The summed E-state index contributed by atoms with van der Waals surface area (Å²) in [5.74, 6) is 0.564. The smallest absolute Gasteiger partial charge is 0.468 e. The van der Waals surface area contributed by atoms with E-state index in [2.05, 4.69) is 0 Å². The minimum Gasteiger partial charge on any atom is -0.468 e. The van der Waals surface area contributed by atoms with Gasteiger partial charge >= 0.3 is 6.98 Å². The third kappa shape index (κ3) is 2.76. The summed E-state index contributed by atoms with van der Waals surface area (Å²) in [6.45, 7) is -4.85. The molecule has 0 saturated carbocycles. The molecule has 0 fully saturated rings. The maximum absolute atomic E-state index is 12.6. The van der Waals surface area contributed by atoms with Crippen molar-refractivity contribution in [3.05, 3.63) is 36.4 Å². The molecule has 0 saturated heterocycles. The number of hydrogen-bond acceptors (Lipinski definition) is 2. The molecule has 6 heteroatoms. The predicted molar refractivity (Wildman–Crippen MR) is 65.2 cm³/mol. The van der Waals surface area contributed by atoms with Gasteiger partial charge in [0.15, 0.2) is 6.79 Å². The summed E-state index contributed by atoms with van der Waals surface area (Å²) in [6, 6.07) is 8.58. The van der Waals surface area contributed by atoms with Crippen LogP contribution in [-0.2, 0) is 4.74 Å². The van der Waals surface area contributed by atoms with Crippen molar-refractivity contribution in [3.63, 3.8) is 0 Å². The van der Waals surface area contributed by atoms with Crippen LogP contribution in [-0.4, -0.2) is 20.9 Å². The molecule has 0 amide bonds. The van der Waals surface area contributed by atoms with E-state index < -0.39 is 12.4 Å². The summed E-state index contributed by atoms with van der Waals surface area (Å²) in [4.78, 5) is 0. The molecule has 0 heterocycles. The molecule has 18 heavy (non-hydrogen) atoms. The van der Waals surface area contributed by atoms with E-state index in [4.69, 9.17) is 9.47 Å². The first kappa shape index (κ1) is 12.8. The summed E-state index contributed by atoms with van der Waals surface area (Å²) in [6.07, 6.45) is 0. The molecule has 0 aliphatic carbocycles. The molecule has 0 bridgehead atoms. The van der Waals surface area contributed by atoms with Crippen molar-refractivity contribution in [1.29, 1.82) is 0 Å². The second-order valence-electron chi connectivity index (χ2n) is 3.89. The summed E-state index contributed by atoms with van der Waals surface area (Å²) >= 11 is 0. The van der Waals surface area contributed by atoms with Gasteiger partial charge in [-0.2, -0.15) is 0 Å². The maximum atomic E-state index is 12.6. The van der Waals surface area contributed by atoms with Gasteiger partial charge in [-0.1, -0.05) is 24.3 Å². The van der Waals surface area contributed by atoms with Gasteiger partial charge in [0.25, 0.3) is 0 Å². The van der Waals surface area contributed by atoms with Gasteiger partial charge in [-0.25, -0.2) is 0 Å². The number of hydrogen-bond donors (Lipinski definition) is 0. The summed E-state index contributed by atoms with van der Waals surface area (Å²) in [7, 11) is 1.50. The Morgan fingerprint density at radius 3 is 2.33 bits per heavy atom. The van der Waals surface area contributed by atoms with Crippen molar-refractivity contribution >= 4 is 23.2 Å². The lowest BCUT2D eigenvalue weighted by Gasteiger charge is -2.15. The van der Waals surface area contributed by atoms with Crippen LogP contribution >= 0.6 is 0 Å². The molecular weight excluding hydrogens is 244 g/mol. The SMILES string of the molecule is COCOc1ccc2cc([B-](F)(F)F)ccc2c1. The van der Waals surface area contributed by atoms with E-state index in [9.17, 15) is 12.9 Å². The van der Waals surface area contributed by atoms with Crippen LogP contribution in [0.5, 0.6) is 5.75 Å².